The van der Waals surface area contributed by atoms with Crippen molar-refractivity contribution in [3.63, 3.8) is 0 Å². The number of hydrogen-bond donors (Lipinski definition) is 0. The first-order valence-electron chi connectivity index (χ1n) is 8.92. The smallest absolute Gasteiger partial charge is 0.343 e. The molecule has 29 heavy (non-hydrogen) atoms. The van der Waals surface area contributed by atoms with E-state index in [0.717, 1.165) is 0 Å². The second-order valence-electron chi connectivity index (χ2n) is 6.38. The maximum absolute atomic E-state index is 12.6. The fourth-order valence-electron chi connectivity index (χ4n) is 2.96. The third kappa shape index (κ3) is 3.60. The Kier molecular flexibility index (Phi) is 4.83. The molecule has 2 aromatic carbocycles. The van der Waals surface area contributed by atoms with Crippen LogP contribution in [0, 0.1) is 6.92 Å². The van der Waals surface area contributed by atoms with Crippen molar-refractivity contribution in [2.75, 3.05) is 7.11 Å². The predicted octanol–water partition coefficient (Wildman–Crippen LogP) is 4.23. The standard InChI is InChI=1S/C23H17NO5/c1-14-19(29-23(26)15-6-8-17(27-2)9-7-15)11-10-18-21(25)20(28-22(14)18)13-16-5-3-4-12-24-16/h3-13H,1-2H3/b20-13-. The van der Waals surface area contributed by atoms with E-state index in [4.69, 9.17) is 14.2 Å². The summed E-state index contributed by atoms with van der Waals surface area (Å²) in [6.45, 7) is 1.74. The quantitative estimate of drug-likeness (QED) is 0.379. The third-order valence-electron chi connectivity index (χ3n) is 4.53. The lowest BCUT2D eigenvalue weighted by Gasteiger charge is -2.10. The molecule has 0 saturated carbocycles. The molecule has 0 fully saturated rings. The number of ketones is 1. The number of aromatic nitrogens is 1. The Hall–Kier alpha value is -3.93. The first-order chi connectivity index (χ1) is 14.1. The highest BCUT2D eigenvalue weighted by Crippen LogP contribution is 2.39. The Bertz CT molecular complexity index is 1120. The average Bonchev–Trinajstić information content (AvgIpc) is 3.07. The van der Waals surface area contributed by atoms with Crippen molar-refractivity contribution in [1.29, 1.82) is 0 Å². The summed E-state index contributed by atoms with van der Waals surface area (Å²) < 4.78 is 16.4. The molecule has 3 aromatic rings. The van der Waals surface area contributed by atoms with E-state index in [1.54, 1.807) is 74.8 Å². The van der Waals surface area contributed by atoms with Gasteiger partial charge in [-0.2, -0.15) is 0 Å². The number of nitrogens with zero attached hydrogens (tertiary/aromatic N) is 1. The van der Waals surface area contributed by atoms with Crippen LogP contribution in [0.5, 0.6) is 17.2 Å². The number of hydrogen-bond acceptors (Lipinski definition) is 6. The van der Waals surface area contributed by atoms with Gasteiger partial charge in [0.2, 0.25) is 5.78 Å². The maximum Gasteiger partial charge on any atom is 0.343 e. The van der Waals surface area contributed by atoms with Crippen molar-refractivity contribution in [3.8, 4) is 17.2 Å². The van der Waals surface area contributed by atoms with E-state index in [2.05, 4.69) is 4.98 Å². The number of benzene rings is 2. The topological polar surface area (TPSA) is 74.7 Å². The summed E-state index contributed by atoms with van der Waals surface area (Å²) in [5.41, 5.74) is 2.00. The molecule has 0 radical (unpaired) electrons. The molecule has 2 heterocycles. The van der Waals surface area contributed by atoms with Crippen molar-refractivity contribution in [2.24, 2.45) is 0 Å². The monoisotopic (exact) mass is 387 g/mol. The summed E-state index contributed by atoms with van der Waals surface area (Å²) in [5.74, 6) is 0.801. The average molecular weight is 387 g/mol. The third-order valence-corrected chi connectivity index (χ3v) is 4.53. The van der Waals surface area contributed by atoms with E-state index in [9.17, 15) is 9.59 Å². The van der Waals surface area contributed by atoms with Crippen LogP contribution in [0.15, 0.2) is 66.6 Å². The van der Waals surface area contributed by atoms with Crippen molar-refractivity contribution < 1.29 is 23.8 Å². The number of allylic oxidation sites excluding steroid dienone is 1. The molecule has 1 aromatic heterocycles. The fraction of sp³-hybridized carbons (Fsp3) is 0.0870. The minimum atomic E-state index is -0.510. The zero-order valence-electron chi connectivity index (χ0n) is 15.8. The lowest BCUT2D eigenvalue weighted by atomic mass is 10.1. The fourth-order valence-corrected chi connectivity index (χ4v) is 2.96. The predicted molar refractivity (Wildman–Crippen MR) is 106 cm³/mol. The number of methoxy groups -OCH3 is 1. The van der Waals surface area contributed by atoms with Crippen molar-refractivity contribution in [3.05, 3.63) is 88.9 Å². The first kappa shape index (κ1) is 18.4. The highest BCUT2D eigenvalue weighted by molar-refractivity contribution is 6.14. The number of fused-ring (bicyclic) bond motifs is 1. The summed E-state index contributed by atoms with van der Waals surface area (Å²) in [6.07, 6.45) is 3.23. The molecule has 0 unspecified atom stereocenters. The zero-order chi connectivity index (χ0) is 20.4. The summed E-state index contributed by atoms with van der Waals surface area (Å²) >= 11 is 0. The van der Waals surface area contributed by atoms with Gasteiger partial charge in [0, 0.05) is 17.8 Å². The number of pyridine rings is 1. The molecule has 144 valence electrons. The van der Waals surface area contributed by atoms with Crippen molar-refractivity contribution >= 4 is 17.8 Å². The molecule has 0 saturated heterocycles. The van der Waals surface area contributed by atoms with Gasteiger partial charge < -0.3 is 14.2 Å². The van der Waals surface area contributed by atoms with Gasteiger partial charge in [-0.3, -0.25) is 9.78 Å². The summed E-state index contributed by atoms with van der Waals surface area (Å²) in [6, 6.07) is 15.2. The number of esters is 1. The van der Waals surface area contributed by atoms with Crippen LogP contribution in [0.25, 0.3) is 6.08 Å². The van der Waals surface area contributed by atoms with Gasteiger partial charge >= 0.3 is 5.97 Å². The van der Waals surface area contributed by atoms with Gasteiger partial charge in [0.1, 0.15) is 17.2 Å². The van der Waals surface area contributed by atoms with Gasteiger partial charge in [-0.1, -0.05) is 6.07 Å². The number of rotatable bonds is 4. The van der Waals surface area contributed by atoms with Gasteiger partial charge in [0.05, 0.1) is 23.9 Å². The van der Waals surface area contributed by atoms with E-state index in [-0.39, 0.29) is 11.5 Å². The first-order valence-corrected chi connectivity index (χ1v) is 8.92. The molecule has 0 atom stereocenters. The van der Waals surface area contributed by atoms with Crippen LogP contribution < -0.4 is 14.2 Å². The largest absolute Gasteiger partial charge is 0.497 e. The van der Waals surface area contributed by atoms with Crippen molar-refractivity contribution in [1.82, 2.24) is 4.98 Å². The Labute approximate surface area is 167 Å². The van der Waals surface area contributed by atoms with Gasteiger partial charge in [-0.05, 0) is 55.5 Å². The molecule has 0 amide bonds. The minimum Gasteiger partial charge on any atom is -0.497 e. The van der Waals surface area contributed by atoms with Crippen LogP contribution in [0.3, 0.4) is 0 Å². The molecule has 4 rings (SSSR count). The van der Waals surface area contributed by atoms with Crippen LogP contribution in [0.4, 0.5) is 0 Å². The van der Waals surface area contributed by atoms with Crippen LogP contribution in [0.2, 0.25) is 0 Å². The number of ether oxygens (including phenoxy) is 3. The number of carbonyl (C=O) groups excluding carboxylic acids is 2. The number of carbonyl (C=O) groups is 2. The Morgan fingerprint density at radius 1 is 1.07 bits per heavy atom. The molecule has 1 aliphatic rings. The Morgan fingerprint density at radius 3 is 2.55 bits per heavy atom. The summed E-state index contributed by atoms with van der Waals surface area (Å²) in [7, 11) is 1.55. The summed E-state index contributed by atoms with van der Waals surface area (Å²) in [4.78, 5) is 29.3. The highest BCUT2D eigenvalue weighted by Gasteiger charge is 2.30. The van der Waals surface area contributed by atoms with Crippen LogP contribution in [-0.4, -0.2) is 23.8 Å². The Balaban J connectivity index is 1.58. The molecular weight excluding hydrogens is 370 g/mol. The van der Waals surface area contributed by atoms with E-state index in [0.29, 0.717) is 39.6 Å². The minimum absolute atomic E-state index is 0.181. The zero-order valence-corrected chi connectivity index (χ0v) is 15.8. The lowest BCUT2D eigenvalue weighted by Crippen LogP contribution is -2.09. The molecule has 0 N–H and O–H groups in total. The van der Waals surface area contributed by atoms with Crippen LogP contribution in [0.1, 0.15) is 32.0 Å². The van der Waals surface area contributed by atoms with E-state index in [1.165, 1.54) is 0 Å². The van der Waals surface area contributed by atoms with Crippen LogP contribution in [-0.2, 0) is 0 Å². The molecular formula is C23H17NO5. The molecule has 1 aliphatic heterocycles. The van der Waals surface area contributed by atoms with Gasteiger partial charge in [-0.15, -0.1) is 0 Å². The highest BCUT2D eigenvalue weighted by atomic mass is 16.5. The molecule has 6 nitrogen and oxygen atoms in total. The van der Waals surface area contributed by atoms with E-state index < -0.39 is 5.97 Å². The molecule has 0 spiro atoms. The second kappa shape index (κ2) is 7.59. The van der Waals surface area contributed by atoms with Crippen LogP contribution >= 0.6 is 0 Å². The normalized spacial score (nSPS) is 13.7. The van der Waals surface area contributed by atoms with Gasteiger partial charge in [-0.25, -0.2) is 4.79 Å². The van der Waals surface area contributed by atoms with Gasteiger partial charge in [0.25, 0.3) is 0 Å². The van der Waals surface area contributed by atoms with E-state index in [1.807, 2.05) is 6.07 Å². The van der Waals surface area contributed by atoms with E-state index >= 15 is 0 Å². The maximum atomic E-state index is 12.6. The second-order valence-corrected chi connectivity index (χ2v) is 6.38. The number of Topliss-reactive ketones (excluding diaryl/α,β-unsaturated/α-hetero) is 1. The Morgan fingerprint density at radius 2 is 1.86 bits per heavy atom. The van der Waals surface area contributed by atoms with Crippen molar-refractivity contribution in [2.45, 2.75) is 6.92 Å². The lowest BCUT2D eigenvalue weighted by molar-refractivity contribution is 0.0733. The van der Waals surface area contributed by atoms with Gasteiger partial charge in [0.15, 0.2) is 5.76 Å². The molecule has 0 bridgehead atoms. The summed E-state index contributed by atoms with van der Waals surface area (Å²) in [5, 5.41) is 0. The molecule has 6 heteroatoms. The molecule has 0 aliphatic carbocycles. The SMILES string of the molecule is COc1ccc(C(=O)Oc2ccc3c(c2C)O/C(=C\c2ccccn2)C3=O)cc1.